The van der Waals surface area contributed by atoms with E-state index in [1.807, 2.05) is 7.05 Å². The molecule has 0 atom stereocenters. The molecule has 0 aromatic carbocycles. The van der Waals surface area contributed by atoms with Gasteiger partial charge in [0.05, 0.1) is 0 Å². The molecular formula is C13H25N2+. The van der Waals surface area contributed by atoms with Gasteiger partial charge in [-0.15, -0.1) is 0 Å². The highest BCUT2D eigenvalue weighted by molar-refractivity contribution is 5.88. The van der Waals surface area contributed by atoms with E-state index in [4.69, 9.17) is 0 Å². The van der Waals surface area contributed by atoms with Gasteiger partial charge in [0.1, 0.15) is 7.05 Å². The van der Waals surface area contributed by atoms with Crippen molar-refractivity contribution < 1.29 is 4.99 Å². The van der Waals surface area contributed by atoms with Crippen molar-refractivity contribution in [3.05, 3.63) is 23.4 Å². The Balaban J connectivity index is 4.66. The summed E-state index contributed by atoms with van der Waals surface area (Å²) in [5.41, 5.74) is 3.82. The maximum Gasteiger partial charge on any atom is 0.171 e. The number of rotatable bonds is 6. The Hall–Kier alpha value is -1.05. The number of hydrogen-bond acceptors (Lipinski definition) is 1. The standard InChI is InChI=1S/C13H24N2/c1-6-8-13(9-11(3)14-5)10-12(4)15-7-2/h9-10,15H,6-8H2,1-5H3/p+1. The molecule has 0 aromatic rings. The quantitative estimate of drug-likeness (QED) is 0.502. The minimum absolute atomic E-state index is 0.983. The second kappa shape index (κ2) is 8.27. The van der Waals surface area contributed by atoms with Crippen molar-refractivity contribution in [2.75, 3.05) is 13.6 Å². The highest BCUT2D eigenvalue weighted by Crippen LogP contribution is 2.08. The van der Waals surface area contributed by atoms with Crippen LogP contribution in [0.25, 0.3) is 0 Å². The summed E-state index contributed by atoms with van der Waals surface area (Å²) >= 11 is 0. The molecule has 0 saturated carbocycles. The highest BCUT2D eigenvalue weighted by atomic mass is 14.9. The first-order valence-electron chi connectivity index (χ1n) is 5.78. The van der Waals surface area contributed by atoms with Crippen molar-refractivity contribution in [3.8, 4) is 0 Å². The molecule has 0 radical (unpaired) electrons. The van der Waals surface area contributed by atoms with Crippen molar-refractivity contribution in [2.45, 2.75) is 40.5 Å². The van der Waals surface area contributed by atoms with Gasteiger partial charge < -0.3 is 5.32 Å². The average molecular weight is 209 g/mol. The zero-order valence-corrected chi connectivity index (χ0v) is 10.8. The zero-order chi connectivity index (χ0) is 11.7. The first-order valence-corrected chi connectivity index (χ1v) is 5.78. The summed E-state index contributed by atoms with van der Waals surface area (Å²) in [7, 11) is 1.95. The van der Waals surface area contributed by atoms with Crippen molar-refractivity contribution in [1.82, 2.24) is 5.32 Å². The Labute approximate surface area is 94.2 Å². The van der Waals surface area contributed by atoms with Crippen molar-refractivity contribution in [1.29, 1.82) is 0 Å². The lowest BCUT2D eigenvalue weighted by atomic mass is 10.1. The summed E-state index contributed by atoms with van der Waals surface area (Å²) in [4.78, 5) is 3.15. The molecule has 0 bridgehead atoms. The Morgan fingerprint density at radius 1 is 1.20 bits per heavy atom. The fraction of sp³-hybridized carbons (Fsp3) is 0.615. The Morgan fingerprint density at radius 2 is 1.87 bits per heavy atom. The molecule has 2 nitrogen and oxygen atoms in total. The van der Waals surface area contributed by atoms with Crippen molar-refractivity contribution in [2.24, 2.45) is 0 Å². The minimum Gasteiger partial charge on any atom is -0.389 e. The molecule has 0 fully saturated rings. The van der Waals surface area contributed by atoms with E-state index < -0.39 is 0 Å². The molecule has 86 valence electrons. The van der Waals surface area contributed by atoms with Gasteiger partial charge in [-0.25, -0.2) is 4.99 Å². The number of nitrogens with one attached hydrogen (secondary N) is 2. The fourth-order valence-corrected chi connectivity index (χ4v) is 1.43. The van der Waals surface area contributed by atoms with Crippen LogP contribution in [0.1, 0.15) is 40.5 Å². The van der Waals surface area contributed by atoms with Crippen LogP contribution in [0.5, 0.6) is 0 Å². The SMILES string of the molecule is CCCC(=CC(C)=[NH+]C)C=C(C)NCC. The summed E-state index contributed by atoms with van der Waals surface area (Å²) in [5, 5.41) is 3.32. The van der Waals surface area contributed by atoms with Gasteiger partial charge >= 0.3 is 0 Å². The molecule has 0 aliphatic rings. The molecule has 0 rings (SSSR count). The average Bonchev–Trinajstić information content (AvgIpc) is 2.18. The Kier molecular flexibility index (Phi) is 7.69. The summed E-state index contributed by atoms with van der Waals surface area (Å²) in [6.45, 7) is 9.51. The largest absolute Gasteiger partial charge is 0.389 e. The van der Waals surface area contributed by atoms with E-state index in [0.29, 0.717) is 0 Å². The van der Waals surface area contributed by atoms with E-state index in [0.717, 1.165) is 13.0 Å². The molecule has 0 unspecified atom stereocenters. The molecule has 0 spiro atoms. The Morgan fingerprint density at radius 3 is 2.33 bits per heavy atom. The molecule has 0 saturated heterocycles. The maximum absolute atomic E-state index is 3.32. The molecule has 2 heteroatoms. The smallest absolute Gasteiger partial charge is 0.171 e. The van der Waals surface area contributed by atoms with Gasteiger partial charge in [-0.1, -0.05) is 13.3 Å². The van der Waals surface area contributed by atoms with Gasteiger partial charge in [0.15, 0.2) is 5.71 Å². The van der Waals surface area contributed by atoms with E-state index in [9.17, 15) is 0 Å². The molecule has 0 aliphatic heterocycles. The van der Waals surface area contributed by atoms with E-state index in [1.54, 1.807) is 0 Å². The number of hydrogen-bond donors (Lipinski definition) is 2. The number of allylic oxidation sites excluding steroid dienone is 4. The van der Waals surface area contributed by atoms with Crippen LogP contribution in [0.3, 0.4) is 0 Å². The first-order chi connectivity index (χ1) is 7.13. The van der Waals surface area contributed by atoms with Gasteiger partial charge in [0.2, 0.25) is 0 Å². The second-order valence-electron chi connectivity index (χ2n) is 3.76. The molecule has 0 heterocycles. The van der Waals surface area contributed by atoms with Crippen LogP contribution in [0.4, 0.5) is 0 Å². The second-order valence-corrected chi connectivity index (χ2v) is 3.76. The van der Waals surface area contributed by atoms with E-state index >= 15 is 0 Å². The van der Waals surface area contributed by atoms with E-state index in [2.05, 4.69) is 50.2 Å². The molecule has 0 amide bonds. The molecule has 15 heavy (non-hydrogen) atoms. The van der Waals surface area contributed by atoms with Crippen molar-refractivity contribution >= 4 is 5.71 Å². The maximum atomic E-state index is 3.32. The van der Waals surface area contributed by atoms with Crippen LogP contribution in [0.15, 0.2) is 23.4 Å². The van der Waals surface area contributed by atoms with Gasteiger partial charge in [0.25, 0.3) is 0 Å². The van der Waals surface area contributed by atoms with Crippen molar-refractivity contribution in [3.63, 3.8) is 0 Å². The topological polar surface area (TPSA) is 26.0 Å². The zero-order valence-electron chi connectivity index (χ0n) is 10.8. The van der Waals surface area contributed by atoms with Gasteiger partial charge in [-0.05, 0) is 31.9 Å². The lowest BCUT2D eigenvalue weighted by Crippen LogP contribution is -2.66. The third-order valence-electron chi connectivity index (χ3n) is 2.19. The lowest BCUT2D eigenvalue weighted by Gasteiger charge is -2.04. The minimum atomic E-state index is 0.983. The van der Waals surface area contributed by atoms with Crippen LogP contribution < -0.4 is 10.3 Å². The van der Waals surface area contributed by atoms with Gasteiger partial charge in [-0.2, -0.15) is 0 Å². The normalized spacial score (nSPS) is 14.3. The lowest BCUT2D eigenvalue weighted by molar-refractivity contribution is -0.419. The molecule has 0 aromatic heterocycles. The molecule has 2 N–H and O–H groups in total. The molecular weight excluding hydrogens is 184 g/mol. The van der Waals surface area contributed by atoms with Gasteiger partial charge in [-0.3, -0.25) is 0 Å². The summed E-state index contributed by atoms with van der Waals surface area (Å²) in [6.07, 6.45) is 6.75. The summed E-state index contributed by atoms with van der Waals surface area (Å²) in [5.74, 6) is 0. The van der Waals surface area contributed by atoms with Crippen LogP contribution in [0, 0.1) is 0 Å². The van der Waals surface area contributed by atoms with Crippen LogP contribution in [-0.2, 0) is 0 Å². The fourth-order valence-electron chi connectivity index (χ4n) is 1.43. The van der Waals surface area contributed by atoms with E-state index in [-0.39, 0.29) is 0 Å². The third-order valence-corrected chi connectivity index (χ3v) is 2.19. The predicted octanol–water partition coefficient (Wildman–Crippen LogP) is 1.40. The third kappa shape index (κ3) is 6.95. The Bertz CT molecular complexity index is 260. The van der Waals surface area contributed by atoms with Crippen LogP contribution in [0.2, 0.25) is 0 Å². The molecule has 0 aliphatic carbocycles. The first kappa shape index (κ1) is 13.9. The van der Waals surface area contributed by atoms with Gasteiger partial charge in [0, 0.05) is 25.2 Å². The summed E-state index contributed by atoms with van der Waals surface area (Å²) < 4.78 is 0. The van der Waals surface area contributed by atoms with Crippen LogP contribution >= 0.6 is 0 Å². The summed E-state index contributed by atoms with van der Waals surface area (Å²) in [6, 6.07) is 0. The van der Waals surface area contributed by atoms with Crippen LogP contribution in [-0.4, -0.2) is 19.3 Å². The highest BCUT2D eigenvalue weighted by Gasteiger charge is 1.97. The monoisotopic (exact) mass is 209 g/mol. The van der Waals surface area contributed by atoms with E-state index in [1.165, 1.54) is 23.4 Å². The predicted molar refractivity (Wildman–Crippen MR) is 68.0 cm³/mol.